The van der Waals surface area contributed by atoms with Gasteiger partial charge in [-0.3, -0.25) is 4.79 Å². The minimum atomic E-state index is -5.03. The number of halogens is 6. The molecule has 0 unspecified atom stereocenters. The minimum Gasteiger partial charge on any atom is -0.403 e. The number of hydrogen-bond donors (Lipinski definition) is 3. The topological polar surface area (TPSA) is 94.7 Å². The number of ether oxygens (including phenoxy) is 1. The molecule has 40 heavy (non-hydrogen) atoms. The van der Waals surface area contributed by atoms with Crippen LogP contribution in [0.15, 0.2) is 42.6 Å². The number of rotatable bonds is 6. The number of nitrogens with one attached hydrogen (secondary N) is 3. The van der Waals surface area contributed by atoms with E-state index in [4.69, 9.17) is 0 Å². The Bertz CT molecular complexity index is 1420. The van der Waals surface area contributed by atoms with Crippen LogP contribution in [0.25, 0.3) is 0 Å². The van der Waals surface area contributed by atoms with E-state index in [1.807, 2.05) is 11.9 Å². The summed E-state index contributed by atoms with van der Waals surface area (Å²) in [6.07, 6.45) is -9.39. The molecule has 3 N–H and O–H groups in total. The fourth-order valence-electron chi connectivity index (χ4n) is 4.46. The van der Waals surface area contributed by atoms with Gasteiger partial charge in [-0.2, -0.15) is 18.2 Å². The fraction of sp³-hybridized carbons (Fsp3) is 0.320. The molecule has 15 heteroatoms. The molecule has 0 radical (unpaired) electrons. The summed E-state index contributed by atoms with van der Waals surface area (Å²) in [6, 6.07) is 8.74. The molecule has 3 heterocycles. The largest absolute Gasteiger partial charge is 0.573 e. The van der Waals surface area contributed by atoms with Crippen LogP contribution in [-0.2, 0) is 12.7 Å². The van der Waals surface area contributed by atoms with Crippen LogP contribution >= 0.6 is 0 Å². The van der Waals surface area contributed by atoms with Gasteiger partial charge in [0, 0.05) is 50.7 Å². The normalized spacial score (nSPS) is 16.0. The lowest BCUT2D eigenvalue weighted by molar-refractivity contribution is -0.274. The van der Waals surface area contributed by atoms with Crippen LogP contribution in [-0.4, -0.2) is 60.4 Å². The number of benzene rings is 2. The zero-order chi connectivity index (χ0) is 28.7. The van der Waals surface area contributed by atoms with Crippen LogP contribution in [0.1, 0.15) is 21.5 Å². The third-order valence-corrected chi connectivity index (χ3v) is 6.47. The first kappa shape index (κ1) is 27.3. The fourth-order valence-corrected chi connectivity index (χ4v) is 4.46. The number of amides is 1. The number of piperazine rings is 1. The predicted molar refractivity (Wildman–Crippen MR) is 134 cm³/mol. The van der Waals surface area contributed by atoms with Crippen LogP contribution in [0.2, 0.25) is 0 Å². The second kappa shape index (κ2) is 10.4. The Labute approximate surface area is 224 Å². The number of carbonyl (C=O) groups is 1. The van der Waals surface area contributed by atoms with Crippen LogP contribution in [0.3, 0.4) is 0 Å². The second-order valence-corrected chi connectivity index (χ2v) is 9.24. The highest BCUT2D eigenvalue weighted by molar-refractivity contribution is 6.04. The predicted octanol–water partition coefficient (Wildman–Crippen LogP) is 4.88. The van der Waals surface area contributed by atoms with Gasteiger partial charge < -0.3 is 30.5 Å². The third kappa shape index (κ3) is 5.98. The molecule has 2 aliphatic heterocycles. The highest BCUT2D eigenvalue weighted by atomic mass is 19.4. The van der Waals surface area contributed by atoms with Crippen LogP contribution in [0.5, 0.6) is 5.75 Å². The lowest BCUT2D eigenvalue weighted by Gasteiger charge is -2.34. The molecule has 2 aliphatic rings. The summed E-state index contributed by atoms with van der Waals surface area (Å²) in [7, 11) is 1.94. The Balaban J connectivity index is 1.48. The Morgan fingerprint density at radius 2 is 1.73 bits per heavy atom. The zero-order valence-electron chi connectivity index (χ0n) is 21.0. The summed E-state index contributed by atoms with van der Waals surface area (Å²) in [6.45, 7) is 2.84. The molecule has 0 saturated carbocycles. The Morgan fingerprint density at radius 3 is 2.42 bits per heavy atom. The Kier molecular flexibility index (Phi) is 7.08. The molecule has 1 aromatic heterocycles. The quantitative estimate of drug-likeness (QED) is 0.363. The molecule has 1 fully saturated rings. The highest BCUT2D eigenvalue weighted by Crippen LogP contribution is 2.39. The molecule has 0 bridgehead atoms. The van der Waals surface area contributed by atoms with Crippen molar-refractivity contribution in [1.82, 2.24) is 20.2 Å². The molecule has 1 amide bonds. The smallest absolute Gasteiger partial charge is 0.403 e. The van der Waals surface area contributed by atoms with E-state index in [0.29, 0.717) is 30.5 Å². The molecular weight excluding hydrogens is 544 g/mol. The van der Waals surface area contributed by atoms with E-state index in [2.05, 4.69) is 35.6 Å². The third-order valence-electron chi connectivity index (χ3n) is 6.47. The van der Waals surface area contributed by atoms with Crippen LogP contribution < -0.4 is 25.6 Å². The van der Waals surface area contributed by atoms with Crippen molar-refractivity contribution in [3.8, 4) is 5.75 Å². The van der Waals surface area contributed by atoms with Crippen molar-refractivity contribution in [3.05, 3.63) is 59.3 Å². The first-order valence-electron chi connectivity index (χ1n) is 12.1. The van der Waals surface area contributed by atoms with Gasteiger partial charge in [-0.15, -0.1) is 13.2 Å². The summed E-state index contributed by atoms with van der Waals surface area (Å²) in [4.78, 5) is 23.8. The molecule has 0 spiro atoms. The minimum absolute atomic E-state index is 0.0836. The van der Waals surface area contributed by atoms with Gasteiger partial charge in [0.25, 0.3) is 5.91 Å². The molecule has 1 saturated heterocycles. The van der Waals surface area contributed by atoms with Gasteiger partial charge in [0.15, 0.2) is 5.75 Å². The maximum atomic E-state index is 13.8. The summed E-state index contributed by atoms with van der Waals surface area (Å²) in [5.41, 5.74) is -0.105. The highest BCUT2D eigenvalue weighted by Gasteiger charge is 2.36. The molecule has 3 aromatic rings. The zero-order valence-corrected chi connectivity index (χ0v) is 21.0. The second-order valence-electron chi connectivity index (χ2n) is 9.24. The Hall–Kier alpha value is -4.27. The molecule has 0 atom stereocenters. The molecule has 212 valence electrons. The van der Waals surface area contributed by atoms with Crippen molar-refractivity contribution >= 4 is 34.7 Å². The standard InChI is InChI=1S/C25H23F6N7O2/c1-37-7-9-38(10-8-37)15-5-6-17(19(11-15)40-25(29,30)31)35-23-33-13-16(24(26,27)28)21(36-23)34-18-4-2-3-14-12-32-22(39)20(14)18/h2-6,11,13H,7-10,12H2,1H3,(H,32,39)(H2,33,34,35,36). The number of hydrogen-bond acceptors (Lipinski definition) is 8. The molecule has 0 aliphatic carbocycles. The maximum Gasteiger partial charge on any atom is 0.573 e. The first-order valence-corrected chi connectivity index (χ1v) is 12.1. The van der Waals surface area contributed by atoms with E-state index in [1.165, 1.54) is 18.2 Å². The maximum absolute atomic E-state index is 13.8. The summed E-state index contributed by atoms with van der Waals surface area (Å²) < 4.78 is 85.3. The number of anilines is 5. The van der Waals surface area contributed by atoms with Gasteiger partial charge >= 0.3 is 12.5 Å². The van der Waals surface area contributed by atoms with Gasteiger partial charge in [0.2, 0.25) is 5.95 Å². The van der Waals surface area contributed by atoms with E-state index in [0.717, 1.165) is 13.1 Å². The van der Waals surface area contributed by atoms with Gasteiger partial charge in [-0.1, -0.05) is 12.1 Å². The number of aromatic nitrogens is 2. The number of carbonyl (C=O) groups excluding carboxylic acids is 1. The molecule has 2 aromatic carbocycles. The van der Waals surface area contributed by atoms with Gasteiger partial charge in [0.05, 0.1) is 16.9 Å². The van der Waals surface area contributed by atoms with Crippen molar-refractivity contribution in [2.75, 3.05) is 48.8 Å². The van der Waals surface area contributed by atoms with Crippen LogP contribution in [0.4, 0.5) is 55.2 Å². The van der Waals surface area contributed by atoms with E-state index in [-0.39, 0.29) is 23.5 Å². The lowest BCUT2D eigenvalue weighted by Crippen LogP contribution is -2.44. The first-order chi connectivity index (χ1) is 18.9. The lowest BCUT2D eigenvalue weighted by atomic mass is 10.1. The van der Waals surface area contributed by atoms with E-state index in [1.54, 1.807) is 18.2 Å². The number of likely N-dealkylation sites (N-methyl/N-ethyl adjacent to an activating group) is 1. The van der Waals surface area contributed by atoms with Crippen molar-refractivity contribution in [1.29, 1.82) is 0 Å². The summed E-state index contributed by atoms with van der Waals surface area (Å²) in [5.74, 6) is -2.18. The van der Waals surface area contributed by atoms with Gasteiger partial charge in [-0.25, -0.2) is 4.98 Å². The molecular formula is C25H23F6N7O2. The number of nitrogens with zero attached hydrogens (tertiary/aromatic N) is 4. The molecule has 5 rings (SSSR count). The van der Waals surface area contributed by atoms with E-state index in [9.17, 15) is 31.1 Å². The van der Waals surface area contributed by atoms with Crippen molar-refractivity contribution < 1.29 is 35.9 Å². The van der Waals surface area contributed by atoms with Gasteiger partial charge in [0.1, 0.15) is 11.4 Å². The average Bonchev–Trinajstić information content (AvgIpc) is 3.26. The van der Waals surface area contributed by atoms with E-state index < -0.39 is 41.5 Å². The number of alkyl halides is 6. The average molecular weight is 567 g/mol. The molecule has 9 nitrogen and oxygen atoms in total. The van der Waals surface area contributed by atoms with Crippen molar-refractivity contribution in [2.24, 2.45) is 0 Å². The van der Waals surface area contributed by atoms with E-state index >= 15 is 0 Å². The summed E-state index contributed by atoms with van der Waals surface area (Å²) in [5, 5.41) is 7.69. The number of fused-ring (bicyclic) bond motifs is 1. The SMILES string of the molecule is CN1CCN(c2ccc(Nc3ncc(C(F)(F)F)c(Nc4cccc5c4C(=O)NC5)n3)c(OC(F)(F)F)c2)CC1. The summed E-state index contributed by atoms with van der Waals surface area (Å²) >= 11 is 0. The Morgan fingerprint density at radius 1 is 0.975 bits per heavy atom. The van der Waals surface area contributed by atoms with Crippen molar-refractivity contribution in [2.45, 2.75) is 19.1 Å². The van der Waals surface area contributed by atoms with Crippen LogP contribution in [0, 0.1) is 0 Å². The van der Waals surface area contributed by atoms with Gasteiger partial charge in [-0.05, 0) is 30.8 Å². The monoisotopic (exact) mass is 567 g/mol. The van der Waals surface area contributed by atoms with Crippen molar-refractivity contribution in [3.63, 3.8) is 0 Å².